The lowest BCUT2D eigenvalue weighted by Gasteiger charge is -2.05. The molecule has 1 aromatic rings. The Labute approximate surface area is 107 Å². The Balaban J connectivity index is 2.64. The third-order valence-corrected chi connectivity index (χ3v) is 2.17. The number of esters is 1. The molecular formula is C14H18O4. The fraction of sp³-hybridized carbons (Fsp3) is 0.357. The normalized spacial score (nSPS) is 10.9. The Morgan fingerprint density at radius 2 is 2.17 bits per heavy atom. The molecular weight excluding hydrogens is 232 g/mol. The van der Waals surface area contributed by atoms with E-state index >= 15 is 0 Å². The van der Waals surface area contributed by atoms with Gasteiger partial charge in [-0.3, -0.25) is 0 Å². The number of hydrogen-bond donors (Lipinski definition) is 1. The third-order valence-electron chi connectivity index (χ3n) is 2.17. The van der Waals surface area contributed by atoms with Crippen LogP contribution in [0.25, 0.3) is 6.08 Å². The van der Waals surface area contributed by atoms with Crippen LogP contribution in [0.5, 0.6) is 11.5 Å². The molecule has 98 valence electrons. The van der Waals surface area contributed by atoms with E-state index in [1.807, 2.05) is 13.8 Å². The Bertz CT molecular complexity index is 435. The summed E-state index contributed by atoms with van der Waals surface area (Å²) in [7, 11) is 1.47. The summed E-state index contributed by atoms with van der Waals surface area (Å²) in [6.45, 7) is 4.35. The topological polar surface area (TPSA) is 55.8 Å². The minimum atomic E-state index is -0.379. The molecule has 18 heavy (non-hydrogen) atoms. The van der Waals surface area contributed by atoms with Crippen LogP contribution in [0.3, 0.4) is 0 Å². The van der Waals surface area contributed by atoms with Gasteiger partial charge in [-0.15, -0.1) is 0 Å². The molecule has 0 spiro atoms. The lowest BCUT2D eigenvalue weighted by atomic mass is 10.2. The second-order valence-electron chi connectivity index (χ2n) is 4.29. The molecule has 0 saturated heterocycles. The minimum absolute atomic E-state index is 0.0667. The number of carbonyl (C=O) groups is 1. The Morgan fingerprint density at radius 3 is 2.78 bits per heavy atom. The fourth-order valence-electron chi connectivity index (χ4n) is 1.26. The van der Waals surface area contributed by atoms with Crippen LogP contribution in [0.4, 0.5) is 0 Å². The predicted octanol–water partition coefficient (Wildman–Crippen LogP) is 2.61. The molecule has 0 aliphatic carbocycles. The van der Waals surface area contributed by atoms with Crippen molar-refractivity contribution in [2.24, 2.45) is 5.92 Å². The molecule has 0 aliphatic rings. The molecule has 4 heteroatoms. The van der Waals surface area contributed by atoms with Crippen molar-refractivity contribution >= 4 is 12.0 Å². The van der Waals surface area contributed by atoms with E-state index in [1.54, 1.807) is 18.2 Å². The summed E-state index contributed by atoms with van der Waals surface area (Å²) in [5.74, 6) is 0.372. The van der Waals surface area contributed by atoms with Crippen LogP contribution in [0.1, 0.15) is 19.4 Å². The van der Waals surface area contributed by atoms with E-state index in [0.717, 1.165) is 5.56 Å². The highest BCUT2D eigenvalue weighted by atomic mass is 16.5. The van der Waals surface area contributed by atoms with Gasteiger partial charge in [-0.05, 0) is 29.7 Å². The van der Waals surface area contributed by atoms with Crippen LogP contribution in [-0.2, 0) is 9.53 Å². The number of methoxy groups -OCH3 is 1. The maximum atomic E-state index is 11.4. The predicted molar refractivity (Wildman–Crippen MR) is 69.5 cm³/mol. The van der Waals surface area contributed by atoms with Gasteiger partial charge in [0.05, 0.1) is 13.7 Å². The van der Waals surface area contributed by atoms with Crippen LogP contribution in [0.2, 0.25) is 0 Å². The highest BCUT2D eigenvalue weighted by molar-refractivity contribution is 5.87. The summed E-state index contributed by atoms with van der Waals surface area (Å²) >= 11 is 0. The standard InChI is InChI=1S/C14H18O4/c1-10(2)9-18-14(16)7-5-11-4-6-12(15)13(8-11)17-3/h4-8,10,15H,9H2,1-3H3/b7-5+. The number of ether oxygens (including phenoxy) is 2. The smallest absolute Gasteiger partial charge is 0.330 e. The van der Waals surface area contributed by atoms with Gasteiger partial charge < -0.3 is 14.6 Å². The second kappa shape index (κ2) is 6.69. The molecule has 0 radical (unpaired) electrons. The van der Waals surface area contributed by atoms with Crippen molar-refractivity contribution in [3.63, 3.8) is 0 Å². The summed E-state index contributed by atoms with van der Waals surface area (Å²) < 4.78 is 9.97. The molecule has 1 N–H and O–H groups in total. The zero-order chi connectivity index (χ0) is 13.5. The highest BCUT2D eigenvalue weighted by Gasteiger charge is 2.02. The Kier molecular flexibility index (Phi) is 5.24. The Morgan fingerprint density at radius 1 is 1.44 bits per heavy atom. The SMILES string of the molecule is COc1cc(/C=C/C(=O)OCC(C)C)ccc1O. The van der Waals surface area contributed by atoms with Crippen LogP contribution < -0.4 is 4.74 Å². The molecule has 0 atom stereocenters. The summed E-state index contributed by atoms with van der Waals surface area (Å²) in [4.78, 5) is 11.4. The average molecular weight is 250 g/mol. The van der Waals surface area contributed by atoms with Gasteiger partial charge in [0.1, 0.15) is 0 Å². The number of benzene rings is 1. The summed E-state index contributed by atoms with van der Waals surface area (Å²) in [5, 5.41) is 9.42. The highest BCUT2D eigenvalue weighted by Crippen LogP contribution is 2.26. The molecule has 4 nitrogen and oxygen atoms in total. The van der Waals surface area contributed by atoms with E-state index in [0.29, 0.717) is 18.3 Å². The van der Waals surface area contributed by atoms with Crippen molar-refractivity contribution in [1.29, 1.82) is 0 Å². The largest absolute Gasteiger partial charge is 0.504 e. The molecule has 0 heterocycles. The van der Waals surface area contributed by atoms with Gasteiger partial charge in [0.2, 0.25) is 0 Å². The van der Waals surface area contributed by atoms with Crippen LogP contribution >= 0.6 is 0 Å². The lowest BCUT2D eigenvalue weighted by Crippen LogP contribution is -2.06. The van der Waals surface area contributed by atoms with E-state index in [-0.39, 0.29) is 11.7 Å². The van der Waals surface area contributed by atoms with Crippen LogP contribution in [0, 0.1) is 5.92 Å². The van der Waals surface area contributed by atoms with Gasteiger partial charge in [-0.25, -0.2) is 4.79 Å². The monoisotopic (exact) mass is 250 g/mol. The lowest BCUT2D eigenvalue weighted by molar-refractivity contribution is -0.138. The number of aromatic hydroxyl groups is 1. The minimum Gasteiger partial charge on any atom is -0.504 e. The number of rotatable bonds is 5. The third kappa shape index (κ3) is 4.49. The van der Waals surface area contributed by atoms with E-state index in [1.165, 1.54) is 19.3 Å². The van der Waals surface area contributed by atoms with E-state index in [2.05, 4.69) is 0 Å². The zero-order valence-electron chi connectivity index (χ0n) is 10.8. The number of hydrogen-bond acceptors (Lipinski definition) is 4. The number of phenolic OH excluding ortho intramolecular Hbond substituents is 1. The molecule has 1 aromatic carbocycles. The van der Waals surface area contributed by atoms with Crippen LogP contribution in [0.15, 0.2) is 24.3 Å². The molecule has 0 saturated carbocycles. The van der Waals surface area contributed by atoms with Crippen molar-refractivity contribution in [1.82, 2.24) is 0 Å². The zero-order valence-corrected chi connectivity index (χ0v) is 10.8. The van der Waals surface area contributed by atoms with Crippen molar-refractivity contribution in [2.45, 2.75) is 13.8 Å². The van der Waals surface area contributed by atoms with E-state index in [9.17, 15) is 9.90 Å². The van der Waals surface area contributed by atoms with Crippen molar-refractivity contribution < 1.29 is 19.4 Å². The van der Waals surface area contributed by atoms with Crippen molar-refractivity contribution in [2.75, 3.05) is 13.7 Å². The summed E-state index contributed by atoms with van der Waals surface area (Å²) in [5.41, 5.74) is 0.756. The summed E-state index contributed by atoms with van der Waals surface area (Å²) in [6.07, 6.45) is 2.97. The Hall–Kier alpha value is -1.97. The molecule has 0 amide bonds. The molecule has 0 aliphatic heterocycles. The van der Waals surface area contributed by atoms with E-state index in [4.69, 9.17) is 9.47 Å². The first-order chi connectivity index (χ1) is 8.52. The second-order valence-corrected chi connectivity index (χ2v) is 4.29. The van der Waals surface area contributed by atoms with Gasteiger partial charge in [0.25, 0.3) is 0 Å². The van der Waals surface area contributed by atoms with Crippen molar-refractivity contribution in [3.05, 3.63) is 29.8 Å². The summed E-state index contributed by atoms with van der Waals surface area (Å²) in [6, 6.07) is 4.84. The molecule has 0 bridgehead atoms. The molecule has 1 rings (SSSR count). The van der Waals surface area contributed by atoms with Gasteiger partial charge in [0.15, 0.2) is 11.5 Å². The van der Waals surface area contributed by atoms with Gasteiger partial charge in [-0.2, -0.15) is 0 Å². The average Bonchev–Trinajstić information content (AvgIpc) is 2.35. The number of phenols is 1. The first-order valence-electron chi connectivity index (χ1n) is 5.74. The van der Waals surface area contributed by atoms with E-state index < -0.39 is 0 Å². The fourth-order valence-corrected chi connectivity index (χ4v) is 1.26. The number of carbonyl (C=O) groups excluding carboxylic acids is 1. The first-order valence-corrected chi connectivity index (χ1v) is 5.74. The quantitative estimate of drug-likeness (QED) is 0.644. The first kappa shape index (κ1) is 14.1. The molecule has 0 aromatic heterocycles. The van der Waals surface area contributed by atoms with Gasteiger partial charge in [-0.1, -0.05) is 19.9 Å². The molecule has 0 unspecified atom stereocenters. The van der Waals surface area contributed by atoms with Gasteiger partial charge in [0, 0.05) is 6.08 Å². The van der Waals surface area contributed by atoms with Gasteiger partial charge >= 0.3 is 5.97 Å². The van der Waals surface area contributed by atoms with Crippen LogP contribution in [-0.4, -0.2) is 24.8 Å². The van der Waals surface area contributed by atoms with Crippen molar-refractivity contribution in [3.8, 4) is 11.5 Å². The molecule has 0 fully saturated rings. The maximum absolute atomic E-state index is 11.4. The maximum Gasteiger partial charge on any atom is 0.330 e.